The lowest BCUT2D eigenvalue weighted by molar-refractivity contribution is 0.0991. The van der Waals surface area contributed by atoms with Gasteiger partial charge in [0.05, 0.1) is 18.6 Å². The first-order valence-electron chi connectivity index (χ1n) is 6.69. The number of primary amides is 1. The second-order valence-electron chi connectivity index (χ2n) is 4.77. The van der Waals surface area contributed by atoms with Crippen molar-refractivity contribution < 1.29 is 4.79 Å². The Balaban J connectivity index is 2.18. The van der Waals surface area contributed by atoms with E-state index in [-0.39, 0.29) is 6.04 Å². The second-order valence-corrected chi connectivity index (χ2v) is 4.77. The van der Waals surface area contributed by atoms with Crippen molar-refractivity contribution in [2.45, 2.75) is 6.04 Å². The molecule has 2 aromatic carbocycles. The Bertz CT molecular complexity index is 695. The Morgan fingerprint density at radius 2 is 1.48 bits per heavy atom. The number of imidazole rings is 1. The van der Waals surface area contributed by atoms with Gasteiger partial charge < -0.3 is 10.3 Å². The summed E-state index contributed by atoms with van der Waals surface area (Å²) in [6.45, 7) is 0. The van der Waals surface area contributed by atoms with Crippen LogP contribution in [0.2, 0.25) is 0 Å². The van der Waals surface area contributed by atoms with Crippen LogP contribution in [0.1, 0.15) is 27.7 Å². The van der Waals surface area contributed by atoms with Crippen molar-refractivity contribution in [3.8, 4) is 0 Å². The number of nitrogens with zero attached hydrogens (tertiary/aromatic N) is 2. The third-order valence-corrected chi connectivity index (χ3v) is 3.43. The van der Waals surface area contributed by atoms with E-state index < -0.39 is 5.91 Å². The average molecular weight is 277 g/mol. The van der Waals surface area contributed by atoms with Crippen LogP contribution < -0.4 is 5.73 Å². The lowest BCUT2D eigenvalue weighted by atomic mass is 9.98. The molecule has 0 saturated heterocycles. The van der Waals surface area contributed by atoms with Gasteiger partial charge in [0, 0.05) is 0 Å². The zero-order valence-corrected chi connectivity index (χ0v) is 11.4. The minimum absolute atomic E-state index is 0.127. The SMILES string of the molecule is NC(=O)c1cncn1C(c1ccccc1)c1ccccc1. The summed E-state index contributed by atoms with van der Waals surface area (Å²) in [5.41, 5.74) is 8.00. The van der Waals surface area contributed by atoms with Crippen LogP contribution in [0, 0.1) is 0 Å². The number of hydrogen-bond acceptors (Lipinski definition) is 2. The summed E-state index contributed by atoms with van der Waals surface area (Å²) in [6.07, 6.45) is 3.14. The zero-order chi connectivity index (χ0) is 14.7. The first-order valence-corrected chi connectivity index (χ1v) is 6.69. The van der Waals surface area contributed by atoms with Crippen molar-refractivity contribution in [1.29, 1.82) is 0 Å². The maximum absolute atomic E-state index is 11.6. The van der Waals surface area contributed by atoms with E-state index in [1.807, 2.05) is 65.2 Å². The molecule has 3 rings (SSSR count). The van der Waals surface area contributed by atoms with Gasteiger partial charge in [-0.2, -0.15) is 0 Å². The third-order valence-electron chi connectivity index (χ3n) is 3.43. The van der Waals surface area contributed by atoms with Gasteiger partial charge in [-0.1, -0.05) is 60.7 Å². The van der Waals surface area contributed by atoms with Gasteiger partial charge in [-0.3, -0.25) is 4.79 Å². The molecule has 0 fully saturated rings. The van der Waals surface area contributed by atoms with Crippen molar-refractivity contribution in [3.63, 3.8) is 0 Å². The summed E-state index contributed by atoms with van der Waals surface area (Å²) in [5.74, 6) is -0.482. The number of hydrogen-bond donors (Lipinski definition) is 1. The van der Waals surface area contributed by atoms with E-state index in [0.717, 1.165) is 11.1 Å². The maximum atomic E-state index is 11.6. The maximum Gasteiger partial charge on any atom is 0.267 e. The summed E-state index contributed by atoms with van der Waals surface area (Å²) < 4.78 is 1.81. The van der Waals surface area contributed by atoms with Crippen LogP contribution in [-0.4, -0.2) is 15.5 Å². The molecule has 0 atom stereocenters. The first kappa shape index (κ1) is 13.1. The molecular formula is C17H15N3O. The van der Waals surface area contributed by atoms with Crippen molar-refractivity contribution in [1.82, 2.24) is 9.55 Å². The Labute approximate surface area is 122 Å². The van der Waals surface area contributed by atoms with Gasteiger partial charge >= 0.3 is 0 Å². The number of nitrogens with two attached hydrogens (primary N) is 1. The molecule has 2 N–H and O–H groups in total. The van der Waals surface area contributed by atoms with E-state index in [4.69, 9.17) is 5.73 Å². The molecule has 0 spiro atoms. The Morgan fingerprint density at radius 3 is 1.95 bits per heavy atom. The van der Waals surface area contributed by atoms with Crippen LogP contribution in [0.3, 0.4) is 0 Å². The van der Waals surface area contributed by atoms with Crippen LogP contribution in [0.4, 0.5) is 0 Å². The summed E-state index contributed by atoms with van der Waals surface area (Å²) in [7, 11) is 0. The first-order chi connectivity index (χ1) is 10.3. The molecule has 0 saturated carbocycles. The molecule has 0 radical (unpaired) electrons. The molecule has 0 aliphatic heterocycles. The monoisotopic (exact) mass is 277 g/mol. The number of amides is 1. The number of rotatable bonds is 4. The van der Waals surface area contributed by atoms with Gasteiger partial charge in [0.25, 0.3) is 5.91 Å². The third kappa shape index (κ3) is 2.56. The summed E-state index contributed by atoms with van der Waals surface area (Å²) in [5, 5.41) is 0. The lowest BCUT2D eigenvalue weighted by Crippen LogP contribution is -2.21. The zero-order valence-electron chi connectivity index (χ0n) is 11.4. The molecular weight excluding hydrogens is 262 g/mol. The van der Waals surface area contributed by atoms with E-state index >= 15 is 0 Å². The fourth-order valence-electron chi connectivity index (χ4n) is 2.49. The molecule has 0 aliphatic carbocycles. The van der Waals surface area contributed by atoms with Crippen LogP contribution in [0.15, 0.2) is 73.2 Å². The predicted molar refractivity (Wildman–Crippen MR) is 80.9 cm³/mol. The standard InChI is InChI=1S/C17H15N3O/c18-17(21)15-11-19-12-20(15)16(13-7-3-1-4-8-13)14-9-5-2-6-10-14/h1-12,16H,(H2,18,21). The molecule has 4 nitrogen and oxygen atoms in total. The van der Waals surface area contributed by atoms with Crippen LogP contribution in [0.5, 0.6) is 0 Å². The van der Waals surface area contributed by atoms with Crippen LogP contribution >= 0.6 is 0 Å². The average Bonchev–Trinajstić information content (AvgIpc) is 2.99. The molecule has 0 unspecified atom stereocenters. The van der Waals surface area contributed by atoms with E-state index in [2.05, 4.69) is 4.98 Å². The number of aromatic nitrogens is 2. The van der Waals surface area contributed by atoms with Gasteiger partial charge in [0.15, 0.2) is 0 Å². The highest BCUT2D eigenvalue weighted by molar-refractivity contribution is 5.91. The molecule has 1 amide bonds. The quantitative estimate of drug-likeness (QED) is 0.797. The van der Waals surface area contributed by atoms with E-state index in [1.54, 1.807) is 6.33 Å². The summed E-state index contributed by atoms with van der Waals surface area (Å²) in [4.78, 5) is 15.7. The molecule has 21 heavy (non-hydrogen) atoms. The second kappa shape index (κ2) is 5.63. The fraction of sp³-hybridized carbons (Fsp3) is 0.0588. The van der Waals surface area contributed by atoms with Crippen molar-refractivity contribution >= 4 is 5.91 Å². The Kier molecular flexibility index (Phi) is 3.51. The Hall–Kier alpha value is -2.88. The topological polar surface area (TPSA) is 60.9 Å². The highest BCUT2D eigenvalue weighted by atomic mass is 16.1. The van der Waals surface area contributed by atoms with Crippen LogP contribution in [0.25, 0.3) is 0 Å². The van der Waals surface area contributed by atoms with Crippen molar-refractivity contribution in [3.05, 3.63) is 90.0 Å². The minimum atomic E-state index is -0.482. The fourth-order valence-corrected chi connectivity index (χ4v) is 2.49. The van der Waals surface area contributed by atoms with Gasteiger partial charge in [0.2, 0.25) is 0 Å². The molecule has 104 valence electrons. The Morgan fingerprint density at radius 1 is 0.952 bits per heavy atom. The van der Waals surface area contributed by atoms with Gasteiger partial charge in [0.1, 0.15) is 5.69 Å². The van der Waals surface area contributed by atoms with Gasteiger partial charge in [-0.15, -0.1) is 0 Å². The summed E-state index contributed by atoms with van der Waals surface area (Å²) in [6, 6.07) is 19.8. The molecule has 4 heteroatoms. The molecule has 0 bridgehead atoms. The predicted octanol–water partition coefficient (Wildman–Crippen LogP) is 2.62. The molecule has 3 aromatic rings. The number of carbonyl (C=O) groups is 1. The van der Waals surface area contributed by atoms with E-state index in [1.165, 1.54) is 6.20 Å². The van der Waals surface area contributed by atoms with Gasteiger partial charge in [-0.05, 0) is 11.1 Å². The molecule has 1 heterocycles. The highest BCUT2D eigenvalue weighted by Gasteiger charge is 2.20. The normalized spacial score (nSPS) is 10.7. The van der Waals surface area contributed by atoms with Crippen LogP contribution in [-0.2, 0) is 0 Å². The highest BCUT2D eigenvalue weighted by Crippen LogP contribution is 2.27. The summed E-state index contributed by atoms with van der Waals surface area (Å²) >= 11 is 0. The minimum Gasteiger partial charge on any atom is -0.364 e. The van der Waals surface area contributed by atoms with Crippen molar-refractivity contribution in [2.75, 3.05) is 0 Å². The molecule has 1 aromatic heterocycles. The lowest BCUT2D eigenvalue weighted by Gasteiger charge is -2.21. The smallest absolute Gasteiger partial charge is 0.267 e. The van der Waals surface area contributed by atoms with Gasteiger partial charge in [-0.25, -0.2) is 4.98 Å². The largest absolute Gasteiger partial charge is 0.364 e. The number of carbonyl (C=O) groups excluding carboxylic acids is 1. The number of benzene rings is 2. The van der Waals surface area contributed by atoms with E-state index in [0.29, 0.717) is 5.69 Å². The van der Waals surface area contributed by atoms with Crippen molar-refractivity contribution in [2.24, 2.45) is 5.73 Å². The molecule has 0 aliphatic rings. The van der Waals surface area contributed by atoms with E-state index in [9.17, 15) is 4.79 Å².